The first-order valence-corrected chi connectivity index (χ1v) is 9.06. The predicted molar refractivity (Wildman–Crippen MR) is 102 cm³/mol. The average Bonchev–Trinajstić information content (AvgIpc) is 3.30. The van der Waals surface area contributed by atoms with Gasteiger partial charge in [-0.2, -0.15) is 0 Å². The third-order valence-electron chi connectivity index (χ3n) is 3.81. The number of hydrogen-bond acceptors (Lipinski definition) is 4. The minimum Gasteiger partial charge on any atom is -0.356 e. The Kier molecular flexibility index (Phi) is 5.79. The Morgan fingerprint density at radius 3 is 2.80 bits per heavy atom. The summed E-state index contributed by atoms with van der Waals surface area (Å²) in [5, 5.41) is 8.75. The van der Waals surface area contributed by atoms with Gasteiger partial charge in [-0.1, -0.05) is 12.1 Å². The van der Waals surface area contributed by atoms with E-state index in [0.717, 1.165) is 36.1 Å². The molecule has 130 valence electrons. The number of aromatic nitrogens is 3. The zero-order valence-corrected chi connectivity index (χ0v) is 15.3. The maximum atomic E-state index is 4.51. The molecule has 3 aromatic rings. The van der Waals surface area contributed by atoms with Crippen molar-refractivity contribution in [2.75, 3.05) is 13.6 Å². The molecule has 0 saturated heterocycles. The highest BCUT2D eigenvalue weighted by Crippen LogP contribution is 2.09. The standard InChI is InChI=1S/C18H22N6S/c1-14-20-9-10-24(14)17-6-5-15(12-22-17)13-23-18(19-2)21-8-7-16-4-3-11-25-16/h3-6,9-12H,7-8,13H2,1-2H3,(H2,19,21,23). The Hall–Kier alpha value is -2.67. The van der Waals surface area contributed by atoms with Crippen LogP contribution in [0.4, 0.5) is 0 Å². The minimum absolute atomic E-state index is 0.675. The number of hydrogen-bond donors (Lipinski definition) is 2. The van der Waals surface area contributed by atoms with E-state index in [9.17, 15) is 0 Å². The van der Waals surface area contributed by atoms with E-state index in [0.29, 0.717) is 6.54 Å². The molecule has 3 heterocycles. The fourth-order valence-corrected chi connectivity index (χ4v) is 3.16. The summed E-state index contributed by atoms with van der Waals surface area (Å²) >= 11 is 1.78. The molecule has 0 spiro atoms. The SMILES string of the molecule is CN=C(NCCc1cccs1)NCc1ccc(-n2ccnc2C)nc1. The van der Waals surface area contributed by atoms with Crippen LogP contribution in [-0.2, 0) is 13.0 Å². The third kappa shape index (κ3) is 4.67. The van der Waals surface area contributed by atoms with Gasteiger partial charge in [0.25, 0.3) is 0 Å². The highest BCUT2D eigenvalue weighted by Gasteiger charge is 2.03. The number of nitrogens with one attached hydrogen (secondary N) is 2. The Labute approximate surface area is 151 Å². The fourth-order valence-electron chi connectivity index (χ4n) is 2.45. The van der Waals surface area contributed by atoms with Crippen LogP contribution in [0.1, 0.15) is 16.3 Å². The Bertz CT molecular complexity index is 804. The first-order valence-electron chi connectivity index (χ1n) is 8.18. The van der Waals surface area contributed by atoms with E-state index in [1.165, 1.54) is 4.88 Å². The summed E-state index contributed by atoms with van der Waals surface area (Å²) in [5.41, 5.74) is 1.10. The summed E-state index contributed by atoms with van der Waals surface area (Å²) in [6, 6.07) is 8.29. The van der Waals surface area contributed by atoms with Crippen LogP contribution >= 0.6 is 11.3 Å². The molecule has 2 N–H and O–H groups in total. The van der Waals surface area contributed by atoms with Crippen LogP contribution in [-0.4, -0.2) is 34.1 Å². The molecule has 6 nitrogen and oxygen atoms in total. The predicted octanol–water partition coefficient (Wildman–Crippen LogP) is 2.54. The zero-order chi connectivity index (χ0) is 17.5. The number of guanidine groups is 1. The van der Waals surface area contributed by atoms with Gasteiger partial charge in [-0.15, -0.1) is 11.3 Å². The highest BCUT2D eigenvalue weighted by molar-refractivity contribution is 7.09. The summed E-state index contributed by atoms with van der Waals surface area (Å²) in [5.74, 6) is 2.59. The lowest BCUT2D eigenvalue weighted by atomic mass is 10.3. The molecule has 0 radical (unpaired) electrons. The molecular formula is C18H22N6S. The molecule has 25 heavy (non-hydrogen) atoms. The van der Waals surface area contributed by atoms with Crippen LogP contribution in [0.2, 0.25) is 0 Å². The smallest absolute Gasteiger partial charge is 0.191 e. The van der Waals surface area contributed by atoms with Crippen LogP contribution in [0, 0.1) is 6.92 Å². The number of pyridine rings is 1. The second-order valence-electron chi connectivity index (χ2n) is 5.55. The zero-order valence-electron chi connectivity index (χ0n) is 14.4. The van der Waals surface area contributed by atoms with E-state index in [2.05, 4.69) is 49.2 Å². The second-order valence-corrected chi connectivity index (χ2v) is 6.58. The monoisotopic (exact) mass is 354 g/mol. The molecule has 0 aliphatic carbocycles. The normalized spacial score (nSPS) is 11.5. The molecule has 0 aromatic carbocycles. The van der Waals surface area contributed by atoms with Crippen molar-refractivity contribution in [2.45, 2.75) is 19.9 Å². The van der Waals surface area contributed by atoms with E-state index in [4.69, 9.17) is 0 Å². The van der Waals surface area contributed by atoms with Crippen LogP contribution < -0.4 is 10.6 Å². The van der Waals surface area contributed by atoms with Crippen LogP contribution in [0.15, 0.2) is 53.2 Å². The Balaban J connectivity index is 1.49. The molecule has 0 unspecified atom stereocenters. The van der Waals surface area contributed by atoms with Gasteiger partial charge in [0, 0.05) is 43.6 Å². The molecule has 3 rings (SSSR count). The van der Waals surface area contributed by atoms with Gasteiger partial charge >= 0.3 is 0 Å². The molecule has 0 atom stereocenters. The molecule has 3 aromatic heterocycles. The number of aliphatic imine (C=N–C) groups is 1. The van der Waals surface area contributed by atoms with Crippen molar-refractivity contribution in [1.82, 2.24) is 25.2 Å². The van der Waals surface area contributed by atoms with Crippen molar-refractivity contribution in [1.29, 1.82) is 0 Å². The number of imidazole rings is 1. The summed E-state index contributed by atoms with van der Waals surface area (Å²) in [7, 11) is 1.78. The summed E-state index contributed by atoms with van der Waals surface area (Å²) in [6.45, 7) is 3.50. The van der Waals surface area contributed by atoms with Crippen molar-refractivity contribution < 1.29 is 0 Å². The Morgan fingerprint density at radius 1 is 1.24 bits per heavy atom. The van der Waals surface area contributed by atoms with E-state index < -0.39 is 0 Å². The van der Waals surface area contributed by atoms with Gasteiger partial charge in [-0.25, -0.2) is 9.97 Å². The molecule has 0 amide bonds. The lowest BCUT2D eigenvalue weighted by molar-refractivity contribution is 0.796. The number of nitrogens with zero attached hydrogens (tertiary/aromatic N) is 4. The van der Waals surface area contributed by atoms with Crippen LogP contribution in [0.25, 0.3) is 5.82 Å². The first kappa shape index (κ1) is 17.2. The van der Waals surface area contributed by atoms with Gasteiger partial charge in [-0.3, -0.25) is 9.56 Å². The maximum absolute atomic E-state index is 4.51. The van der Waals surface area contributed by atoms with Crippen molar-refractivity contribution in [3.63, 3.8) is 0 Å². The van der Waals surface area contributed by atoms with E-state index in [1.807, 2.05) is 30.0 Å². The molecule has 0 fully saturated rings. The van der Waals surface area contributed by atoms with Gasteiger partial charge in [0.1, 0.15) is 11.6 Å². The number of aryl methyl sites for hydroxylation is 1. The number of thiophene rings is 1. The maximum Gasteiger partial charge on any atom is 0.191 e. The van der Waals surface area contributed by atoms with Crippen LogP contribution in [0.3, 0.4) is 0 Å². The van der Waals surface area contributed by atoms with Gasteiger partial charge in [0.05, 0.1) is 0 Å². The fraction of sp³-hybridized carbons (Fsp3) is 0.278. The Morgan fingerprint density at radius 2 is 2.16 bits per heavy atom. The summed E-state index contributed by atoms with van der Waals surface area (Å²) in [6.07, 6.45) is 6.56. The topological polar surface area (TPSA) is 67.1 Å². The van der Waals surface area contributed by atoms with Gasteiger partial charge in [0.2, 0.25) is 0 Å². The van der Waals surface area contributed by atoms with Crippen molar-refractivity contribution in [3.8, 4) is 5.82 Å². The van der Waals surface area contributed by atoms with Crippen molar-refractivity contribution in [3.05, 3.63) is 64.5 Å². The second kappa shape index (κ2) is 8.43. The van der Waals surface area contributed by atoms with E-state index in [1.54, 1.807) is 24.6 Å². The third-order valence-corrected chi connectivity index (χ3v) is 4.75. The molecule has 0 aliphatic heterocycles. The molecule has 7 heteroatoms. The average molecular weight is 354 g/mol. The number of rotatable bonds is 6. The molecule has 0 saturated carbocycles. The molecular weight excluding hydrogens is 332 g/mol. The van der Waals surface area contributed by atoms with Crippen LogP contribution in [0.5, 0.6) is 0 Å². The van der Waals surface area contributed by atoms with Gasteiger partial charge in [0.15, 0.2) is 5.96 Å². The largest absolute Gasteiger partial charge is 0.356 e. The lowest BCUT2D eigenvalue weighted by Crippen LogP contribution is -2.37. The van der Waals surface area contributed by atoms with Crippen molar-refractivity contribution in [2.24, 2.45) is 4.99 Å². The summed E-state index contributed by atoms with van der Waals surface area (Å²) in [4.78, 5) is 14.4. The van der Waals surface area contributed by atoms with Gasteiger partial charge in [-0.05, 0) is 36.4 Å². The van der Waals surface area contributed by atoms with Gasteiger partial charge < -0.3 is 10.6 Å². The highest BCUT2D eigenvalue weighted by atomic mass is 32.1. The lowest BCUT2D eigenvalue weighted by Gasteiger charge is -2.12. The van der Waals surface area contributed by atoms with E-state index in [-0.39, 0.29) is 0 Å². The minimum atomic E-state index is 0.675. The quantitative estimate of drug-likeness (QED) is 0.527. The molecule has 0 bridgehead atoms. The van der Waals surface area contributed by atoms with E-state index >= 15 is 0 Å². The molecule has 0 aliphatic rings. The van der Waals surface area contributed by atoms with Crippen molar-refractivity contribution >= 4 is 17.3 Å². The first-order chi connectivity index (χ1) is 12.3. The summed E-state index contributed by atoms with van der Waals surface area (Å²) < 4.78 is 1.96.